The number of rotatable bonds is 52. The van der Waals surface area contributed by atoms with E-state index in [2.05, 4.69) is 85.2 Å². The van der Waals surface area contributed by atoms with Crippen LogP contribution in [0.4, 0.5) is 0 Å². The Morgan fingerprint density at radius 2 is 0.767 bits per heavy atom. The van der Waals surface area contributed by atoms with Crippen LogP contribution >= 0.6 is 0 Å². The highest BCUT2D eigenvalue weighted by atomic mass is 16.6. The van der Waals surface area contributed by atoms with Crippen molar-refractivity contribution in [2.75, 3.05) is 39.3 Å². The van der Waals surface area contributed by atoms with Crippen LogP contribution in [-0.4, -0.2) is 94.8 Å². The summed E-state index contributed by atoms with van der Waals surface area (Å²) in [5.41, 5.74) is 2.27. The van der Waals surface area contributed by atoms with E-state index in [-0.39, 0.29) is 36.2 Å². The van der Waals surface area contributed by atoms with E-state index in [0.29, 0.717) is 19.3 Å². The second kappa shape index (κ2) is 46.3. The maximum atomic E-state index is 12.5. The molecule has 0 amide bonds. The van der Waals surface area contributed by atoms with Gasteiger partial charge >= 0.3 is 17.9 Å². The monoisotopic (exact) mass is 1020 g/mol. The lowest BCUT2D eigenvalue weighted by atomic mass is 10.1. The number of fused-ring (bicyclic) bond motifs is 1. The van der Waals surface area contributed by atoms with Gasteiger partial charge in [-0.1, -0.05) is 169 Å². The predicted octanol–water partition coefficient (Wildman–Crippen LogP) is 16.9. The van der Waals surface area contributed by atoms with Gasteiger partial charge in [-0.05, 0) is 148 Å². The Balaban J connectivity index is 1.86. The molecule has 0 radical (unpaired) electrons. The molecule has 3 unspecified atom stereocenters. The normalized spacial score (nSPS) is 13.0. The molecule has 1 aromatic heterocycles. The molecule has 0 fully saturated rings. The summed E-state index contributed by atoms with van der Waals surface area (Å²) >= 11 is 0. The van der Waals surface area contributed by atoms with E-state index in [0.717, 1.165) is 148 Å². The number of aromatic nitrogens is 2. The number of hydrogen-bond acceptors (Lipinski definition) is 9. The maximum Gasteiger partial charge on any atom is 0.306 e. The molecular weight excluding hydrogens is 909 g/mol. The number of esters is 3. The van der Waals surface area contributed by atoms with Crippen LogP contribution in [-0.2, 0) is 35.1 Å². The SMILES string of the molecule is CCCCCC(CC)OC(=O)CCCCCCCCN(CCCCCCCCC(=O)OC(CC)CCCCC)CCCN(CCCCCCCCC(=O)OC(CC)CCCCC)CCn1cnc2ccccc21. The number of benzene rings is 1. The maximum absolute atomic E-state index is 12.5. The fraction of sp³-hybridized carbons (Fsp3) is 0.841. The average Bonchev–Trinajstić information content (AvgIpc) is 3.81. The van der Waals surface area contributed by atoms with Crippen LogP contribution in [0.15, 0.2) is 30.6 Å². The number of nitrogens with zero attached hydrogens (tertiary/aromatic N) is 4. The summed E-state index contributed by atoms with van der Waals surface area (Å²) in [6.07, 6.45) is 42.1. The number of carbonyl (C=O) groups is 3. The van der Waals surface area contributed by atoms with Crippen molar-refractivity contribution < 1.29 is 28.6 Å². The minimum absolute atomic E-state index is 0.00775. The molecule has 3 atom stereocenters. The Bertz CT molecular complexity index is 1550. The summed E-state index contributed by atoms with van der Waals surface area (Å²) in [4.78, 5) is 47.7. The van der Waals surface area contributed by atoms with Crippen molar-refractivity contribution in [3.05, 3.63) is 30.6 Å². The largest absolute Gasteiger partial charge is 0.462 e. The van der Waals surface area contributed by atoms with Gasteiger partial charge in [-0.3, -0.25) is 14.4 Å². The number of imidazole rings is 1. The van der Waals surface area contributed by atoms with Gasteiger partial charge in [-0.2, -0.15) is 0 Å². The summed E-state index contributed by atoms with van der Waals surface area (Å²) in [5.74, 6) is -0.0254. The highest BCUT2D eigenvalue weighted by molar-refractivity contribution is 5.75. The minimum Gasteiger partial charge on any atom is -0.462 e. The first-order valence-corrected chi connectivity index (χ1v) is 31.2. The van der Waals surface area contributed by atoms with Crippen LogP contribution < -0.4 is 0 Å². The van der Waals surface area contributed by atoms with Crippen molar-refractivity contribution in [3.8, 4) is 0 Å². The number of para-hydroxylation sites is 2. The van der Waals surface area contributed by atoms with Crippen molar-refractivity contribution in [1.29, 1.82) is 0 Å². The van der Waals surface area contributed by atoms with Crippen molar-refractivity contribution in [3.63, 3.8) is 0 Å². The third-order valence-electron chi connectivity index (χ3n) is 15.1. The van der Waals surface area contributed by atoms with Crippen molar-refractivity contribution in [2.24, 2.45) is 0 Å². The molecule has 0 saturated carbocycles. The molecule has 10 nitrogen and oxygen atoms in total. The fourth-order valence-electron chi connectivity index (χ4n) is 10.2. The Kier molecular flexibility index (Phi) is 42.0. The van der Waals surface area contributed by atoms with Crippen LogP contribution in [0.25, 0.3) is 11.0 Å². The van der Waals surface area contributed by atoms with E-state index in [9.17, 15) is 14.4 Å². The van der Waals surface area contributed by atoms with E-state index < -0.39 is 0 Å². The van der Waals surface area contributed by atoms with Gasteiger partial charge in [0.15, 0.2) is 0 Å². The Hall–Kier alpha value is -2.98. The first kappa shape index (κ1) is 66.1. The van der Waals surface area contributed by atoms with Crippen LogP contribution in [0.3, 0.4) is 0 Å². The van der Waals surface area contributed by atoms with Crippen molar-refractivity contribution in [1.82, 2.24) is 19.4 Å². The van der Waals surface area contributed by atoms with Crippen LogP contribution in [0, 0.1) is 0 Å². The second-order valence-electron chi connectivity index (χ2n) is 21.6. The molecule has 2 rings (SSSR count). The van der Waals surface area contributed by atoms with Crippen LogP contribution in [0.5, 0.6) is 0 Å². The zero-order valence-electron chi connectivity index (χ0n) is 48.5. The molecule has 0 aliphatic carbocycles. The molecule has 0 spiro atoms. The standard InChI is InChI=1S/C63H114N4O6/c1-7-13-28-40-56(10-4)71-61(68)45-31-22-16-19-25-36-48-65(49-37-26-20-17-23-32-46-62(69)72-57(11-5)41-29-14-8-2)51-39-52-66(53-54-67-55-64-59-43-34-35-44-60(59)67)50-38-27-21-18-24-33-47-63(70)73-58(12-6)42-30-15-9-3/h34-35,43-44,55-58H,7-33,36-42,45-54H2,1-6H3. The van der Waals surface area contributed by atoms with Gasteiger partial charge in [0.05, 0.1) is 17.4 Å². The van der Waals surface area contributed by atoms with Crippen LogP contribution in [0.1, 0.15) is 279 Å². The average molecular weight is 1020 g/mol. The molecule has 73 heavy (non-hydrogen) atoms. The molecule has 1 aromatic carbocycles. The summed E-state index contributed by atoms with van der Waals surface area (Å²) in [5, 5.41) is 0. The second-order valence-corrected chi connectivity index (χ2v) is 21.6. The lowest BCUT2D eigenvalue weighted by molar-refractivity contribution is -0.150. The fourth-order valence-corrected chi connectivity index (χ4v) is 10.2. The summed E-state index contributed by atoms with van der Waals surface area (Å²) in [7, 11) is 0. The van der Waals surface area contributed by atoms with Gasteiger partial charge in [0.2, 0.25) is 0 Å². The number of unbranched alkanes of at least 4 members (excludes halogenated alkanes) is 21. The quantitative estimate of drug-likeness (QED) is 0.0364. The summed E-state index contributed by atoms with van der Waals surface area (Å²) < 4.78 is 19.7. The van der Waals surface area contributed by atoms with E-state index in [1.807, 2.05) is 6.33 Å². The minimum atomic E-state index is -0.00987. The molecule has 0 aliphatic heterocycles. The van der Waals surface area contributed by atoms with Gasteiger partial charge in [-0.15, -0.1) is 0 Å². The summed E-state index contributed by atoms with van der Waals surface area (Å²) in [6, 6.07) is 8.47. The number of hydrogen-bond donors (Lipinski definition) is 0. The lowest BCUT2D eigenvalue weighted by Crippen LogP contribution is -2.33. The van der Waals surface area contributed by atoms with Crippen LogP contribution in [0.2, 0.25) is 0 Å². The third-order valence-corrected chi connectivity index (χ3v) is 15.1. The van der Waals surface area contributed by atoms with E-state index in [4.69, 9.17) is 14.2 Å². The molecule has 1 heterocycles. The van der Waals surface area contributed by atoms with Gasteiger partial charge in [0.1, 0.15) is 18.3 Å². The smallest absolute Gasteiger partial charge is 0.306 e. The Morgan fingerprint density at radius 3 is 1.15 bits per heavy atom. The topological polar surface area (TPSA) is 103 Å². The Labute approximate surface area is 449 Å². The zero-order valence-corrected chi connectivity index (χ0v) is 48.5. The first-order valence-electron chi connectivity index (χ1n) is 31.2. The number of ether oxygens (including phenoxy) is 3. The highest BCUT2D eigenvalue weighted by Gasteiger charge is 2.16. The molecule has 0 saturated heterocycles. The van der Waals surface area contributed by atoms with Gasteiger partial charge in [0.25, 0.3) is 0 Å². The van der Waals surface area contributed by atoms with Crippen molar-refractivity contribution >= 4 is 28.9 Å². The third kappa shape index (κ3) is 35.1. The zero-order chi connectivity index (χ0) is 52.8. The predicted molar refractivity (Wildman–Crippen MR) is 307 cm³/mol. The van der Waals surface area contributed by atoms with E-state index in [1.54, 1.807) is 0 Å². The van der Waals surface area contributed by atoms with Gasteiger partial charge in [-0.25, -0.2) is 4.98 Å². The van der Waals surface area contributed by atoms with Gasteiger partial charge < -0.3 is 28.6 Å². The molecule has 2 aromatic rings. The highest BCUT2D eigenvalue weighted by Crippen LogP contribution is 2.18. The molecule has 422 valence electrons. The van der Waals surface area contributed by atoms with E-state index in [1.165, 1.54) is 128 Å². The summed E-state index contributed by atoms with van der Waals surface area (Å²) in [6.45, 7) is 20.6. The van der Waals surface area contributed by atoms with Gasteiger partial charge in [0, 0.05) is 32.4 Å². The Morgan fingerprint density at radius 1 is 0.425 bits per heavy atom. The molecule has 0 bridgehead atoms. The number of carbonyl (C=O) groups excluding carboxylic acids is 3. The molecule has 10 heteroatoms. The molecule has 0 aliphatic rings. The molecular formula is C63H114N4O6. The van der Waals surface area contributed by atoms with E-state index >= 15 is 0 Å². The first-order chi connectivity index (χ1) is 35.8. The van der Waals surface area contributed by atoms with Crippen molar-refractivity contribution in [2.45, 2.75) is 304 Å². The lowest BCUT2D eigenvalue weighted by Gasteiger charge is -2.26. The molecule has 0 N–H and O–H groups in total.